The predicted molar refractivity (Wildman–Crippen MR) is 74.3 cm³/mol. The molecule has 0 amide bonds. The molecule has 0 spiro atoms. The molecule has 0 heterocycles. The van der Waals surface area contributed by atoms with E-state index in [1.807, 2.05) is 6.92 Å². The van der Waals surface area contributed by atoms with Gasteiger partial charge in [-0.1, -0.05) is 24.1 Å². The van der Waals surface area contributed by atoms with E-state index in [2.05, 4.69) is 4.72 Å². The van der Waals surface area contributed by atoms with Crippen molar-refractivity contribution < 1.29 is 13.5 Å². The maximum Gasteiger partial charge on any atom is 0.240 e. The van der Waals surface area contributed by atoms with E-state index in [1.54, 1.807) is 24.3 Å². The Morgan fingerprint density at radius 3 is 2.47 bits per heavy atom. The number of sulfonamides is 1. The highest BCUT2D eigenvalue weighted by molar-refractivity contribution is 7.89. The number of benzene rings is 1. The van der Waals surface area contributed by atoms with Crippen LogP contribution in [0.15, 0.2) is 29.2 Å². The van der Waals surface area contributed by atoms with Gasteiger partial charge in [-0.25, -0.2) is 13.1 Å². The van der Waals surface area contributed by atoms with Crippen LogP contribution in [0.4, 0.5) is 0 Å². The summed E-state index contributed by atoms with van der Waals surface area (Å²) >= 11 is 0. The lowest BCUT2D eigenvalue weighted by molar-refractivity contribution is 0.195. The maximum atomic E-state index is 12.1. The average molecular weight is 283 g/mol. The van der Waals surface area contributed by atoms with E-state index >= 15 is 0 Å². The van der Waals surface area contributed by atoms with Crippen molar-refractivity contribution in [2.75, 3.05) is 13.2 Å². The molecule has 0 bridgehead atoms. The van der Waals surface area contributed by atoms with Gasteiger partial charge in [-0.2, -0.15) is 0 Å². The van der Waals surface area contributed by atoms with Crippen LogP contribution < -0.4 is 4.72 Å². The summed E-state index contributed by atoms with van der Waals surface area (Å²) in [5, 5.41) is 9.24. The highest BCUT2D eigenvalue weighted by Crippen LogP contribution is 2.30. The lowest BCUT2D eigenvalue weighted by Crippen LogP contribution is -2.31. The molecule has 5 heteroatoms. The van der Waals surface area contributed by atoms with Crippen molar-refractivity contribution in [3.05, 3.63) is 29.8 Å². The third-order valence-electron chi connectivity index (χ3n) is 3.92. The minimum absolute atomic E-state index is 0.150. The Kier molecular flexibility index (Phi) is 4.60. The summed E-state index contributed by atoms with van der Waals surface area (Å²) in [5.41, 5.74) is 1.04. The SMILES string of the molecule is Cc1ccc(S(=O)(=O)NCC2CCCC2CO)cc1. The summed E-state index contributed by atoms with van der Waals surface area (Å²) in [4.78, 5) is 0.302. The molecule has 1 aromatic rings. The van der Waals surface area contributed by atoms with E-state index in [0.717, 1.165) is 24.8 Å². The molecule has 2 rings (SSSR count). The Hall–Kier alpha value is -0.910. The van der Waals surface area contributed by atoms with Gasteiger partial charge in [-0.3, -0.25) is 0 Å². The van der Waals surface area contributed by atoms with Gasteiger partial charge in [0.15, 0.2) is 0 Å². The number of hydrogen-bond donors (Lipinski definition) is 2. The van der Waals surface area contributed by atoms with Crippen LogP contribution >= 0.6 is 0 Å². The first-order valence-electron chi connectivity index (χ1n) is 6.70. The van der Waals surface area contributed by atoms with Crippen molar-refractivity contribution in [1.29, 1.82) is 0 Å². The summed E-state index contributed by atoms with van der Waals surface area (Å²) in [6.07, 6.45) is 3.05. The first-order valence-corrected chi connectivity index (χ1v) is 8.18. The molecule has 1 aliphatic carbocycles. The molecule has 2 N–H and O–H groups in total. The number of aliphatic hydroxyl groups is 1. The smallest absolute Gasteiger partial charge is 0.240 e. The Balaban J connectivity index is 2.00. The maximum absolute atomic E-state index is 12.1. The first-order chi connectivity index (χ1) is 9.03. The normalized spacial score (nSPS) is 23.7. The molecule has 2 atom stereocenters. The fourth-order valence-corrected chi connectivity index (χ4v) is 3.73. The molecule has 1 fully saturated rings. The molecular formula is C14H21NO3S. The molecule has 1 aliphatic rings. The zero-order valence-electron chi connectivity index (χ0n) is 11.2. The summed E-state index contributed by atoms with van der Waals surface area (Å²) < 4.78 is 26.9. The number of nitrogens with one attached hydrogen (secondary N) is 1. The van der Waals surface area contributed by atoms with Gasteiger partial charge in [0, 0.05) is 13.2 Å². The van der Waals surface area contributed by atoms with E-state index in [1.165, 1.54) is 0 Å². The van der Waals surface area contributed by atoms with E-state index in [9.17, 15) is 13.5 Å². The molecule has 1 saturated carbocycles. The molecule has 19 heavy (non-hydrogen) atoms. The van der Waals surface area contributed by atoms with Gasteiger partial charge < -0.3 is 5.11 Å². The average Bonchev–Trinajstić information content (AvgIpc) is 2.84. The summed E-state index contributed by atoms with van der Waals surface area (Å²) in [6, 6.07) is 6.83. The van der Waals surface area contributed by atoms with Crippen LogP contribution in [0.5, 0.6) is 0 Å². The van der Waals surface area contributed by atoms with E-state index in [0.29, 0.717) is 11.4 Å². The van der Waals surface area contributed by atoms with Gasteiger partial charge in [0.25, 0.3) is 0 Å². The summed E-state index contributed by atoms with van der Waals surface area (Å²) in [7, 11) is -3.43. The number of aryl methyl sites for hydroxylation is 1. The highest BCUT2D eigenvalue weighted by atomic mass is 32.2. The van der Waals surface area contributed by atoms with Gasteiger partial charge in [-0.15, -0.1) is 0 Å². The third-order valence-corrected chi connectivity index (χ3v) is 5.36. The molecule has 106 valence electrons. The Bertz CT molecular complexity index is 510. The van der Waals surface area contributed by atoms with Crippen molar-refractivity contribution in [2.24, 2.45) is 11.8 Å². The minimum Gasteiger partial charge on any atom is -0.396 e. The zero-order chi connectivity index (χ0) is 13.9. The van der Waals surface area contributed by atoms with Crippen LogP contribution in [-0.2, 0) is 10.0 Å². The van der Waals surface area contributed by atoms with Gasteiger partial charge in [-0.05, 0) is 43.7 Å². The number of aliphatic hydroxyl groups excluding tert-OH is 1. The zero-order valence-corrected chi connectivity index (χ0v) is 12.0. The molecule has 0 aromatic heterocycles. The summed E-state index contributed by atoms with van der Waals surface area (Å²) in [6.45, 7) is 2.49. The number of rotatable bonds is 5. The molecule has 1 aromatic carbocycles. The largest absolute Gasteiger partial charge is 0.396 e. The molecular weight excluding hydrogens is 262 g/mol. The molecule has 0 aliphatic heterocycles. The molecule has 0 saturated heterocycles. The van der Waals surface area contributed by atoms with Crippen LogP contribution in [0.2, 0.25) is 0 Å². The Morgan fingerprint density at radius 2 is 1.84 bits per heavy atom. The monoisotopic (exact) mass is 283 g/mol. The van der Waals surface area contributed by atoms with Crippen LogP contribution in [0.25, 0.3) is 0 Å². The van der Waals surface area contributed by atoms with Crippen molar-refractivity contribution in [1.82, 2.24) is 4.72 Å². The standard InChI is InChI=1S/C14H21NO3S/c1-11-5-7-14(8-6-11)19(17,18)15-9-12-3-2-4-13(12)10-16/h5-8,12-13,15-16H,2-4,9-10H2,1H3. The fourth-order valence-electron chi connectivity index (χ4n) is 2.64. The Morgan fingerprint density at radius 1 is 1.21 bits per heavy atom. The Labute approximate surface area is 114 Å². The van der Waals surface area contributed by atoms with Gasteiger partial charge in [0.1, 0.15) is 0 Å². The fraction of sp³-hybridized carbons (Fsp3) is 0.571. The topological polar surface area (TPSA) is 66.4 Å². The van der Waals surface area contributed by atoms with Crippen molar-refractivity contribution in [3.63, 3.8) is 0 Å². The quantitative estimate of drug-likeness (QED) is 0.864. The van der Waals surface area contributed by atoms with Crippen molar-refractivity contribution >= 4 is 10.0 Å². The summed E-state index contributed by atoms with van der Waals surface area (Å²) in [5.74, 6) is 0.492. The highest BCUT2D eigenvalue weighted by Gasteiger charge is 2.27. The van der Waals surface area contributed by atoms with Crippen molar-refractivity contribution in [3.8, 4) is 0 Å². The van der Waals surface area contributed by atoms with Gasteiger partial charge in [0.05, 0.1) is 4.90 Å². The van der Waals surface area contributed by atoms with Crippen LogP contribution in [0, 0.1) is 18.8 Å². The van der Waals surface area contributed by atoms with E-state index in [4.69, 9.17) is 0 Å². The van der Waals surface area contributed by atoms with Crippen molar-refractivity contribution in [2.45, 2.75) is 31.1 Å². The lowest BCUT2D eigenvalue weighted by atomic mass is 9.97. The number of hydrogen-bond acceptors (Lipinski definition) is 3. The first kappa shape index (κ1) is 14.5. The van der Waals surface area contributed by atoms with Crippen LogP contribution in [-0.4, -0.2) is 26.7 Å². The van der Waals surface area contributed by atoms with Gasteiger partial charge >= 0.3 is 0 Å². The van der Waals surface area contributed by atoms with Gasteiger partial charge in [0.2, 0.25) is 10.0 Å². The van der Waals surface area contributed by atoms with Crippen LogP contribution in [0.3, 0.4) is 0 Å². The minimum atomic E-state index is -3.43. The predicted octanol–water partition coefficient (Wildman–Crippen LogP) is 1.68. The molecule has 0 radical (unpaired) electrons. The lowest BCUT2D eigenvalue weighted by Gasteiger charge is -2.17. The third kappa shape index (κ3) is 3.55. The second-order valence-corrected chi connectivity index (χ2v) is 7.07. The molecule has 4 nitrogen and oxygen atoms in total. The molecule has 2 unspecified atom stereocenters. The second kappa shape index (κ2) is 6.03. The van der Waals surface area contributed by atoms with Crippen LogP contribution in [0.1, 0.15) is 24.8 Å². The second-order valence-electron chi connectivity index (χ2n) is 5.30. The van der Waals surface area contributed by atoms with E-state index < -0.39 is 10.0 Å². The van der Waals surface area contributed by atoms with E-state index in [-0.39, 0.29) is 18.4 Å².